The highest BCUT2D eigenvalue weighted by molar-refractivity contribution is 6.08. The number of carboxylic acid groups (broad SMARTS) is 1. The number of ketones is 1. The first-order chi connectivity index (χ1) is 14.5. The molecule has 3 rings (SSSR count). The lowest BCUT2D eigenvalue weighted by Gasteiger charge is -2.10. The van der Waals surface area contributed by atoms with Gasteiger partial charge in [0.15, 0.2) is 6.10 Å². The van der Waals surface area contributed by atoms with Crippen molar-refractivity contribution >= 4 is 17.8 Å². The van der Waals surface area contributed by atoms with Crippen molar-refractivity contribution in [1.82, 2.24) is 4.57 Å². The molecule has 0 saturated heterocycles. The smallest absolute Gasteiger partial charge is 0.344 e. The number of benzene rings is 2. The Hall–Kier alpha value is -3.60. The molecule has 1 heterocycles. The molecule has 0 unspecified atom stereocenters. The largest absolute Gasteiger partial charge is 0.479 e. The van der Waals surface area contributed by atoms with Crippen LogP contribution in [0.1, 0.15) is 41.0 Å². The highest BCUT2D eigenvalue weighted by Gasteiger charge is 2.13. The number of allylic oxidation sites excluding steroid dienone is 1. The Kier molecular flexibility index (Phi) is 6.86. The molecule has 0 radical (unpaired) electrons. The maximum absolute atomic E-state index is 12.9. The molecule has 0 amide bonds. The standard InChI is InChI=1S/C25H25NO4/c1-3-19-11-13-21(14-12-19)24(27)23-10-6-16-26(23)15-5-8-20-7-4-9-22(17-20)30-18(2)25(28)29/h4-14,16-18H,3,15H2,1-2H3,(H,28,29)/t18-/m0/s1. The van der Waals surface area contributed by atoms with Gasteiger partial charge in [-0.15, -0.1) is 0 Å². The van der Waals surface area contributed by atoms with Crippen molar-refractivity contribution < 1.29 is 19.4 Å². The number of ether oxygens (including phenoxy) is 1. The van der Waals surface area contributed by atoms with E-state index in [9.17, 15) is 9.59 Å². The molecular formula is C25H25NO4. The predicted octanol–water partition coefficient (Wildman–Crippen LogP) is 4.85. The van der Waals surface area contributed by atoms with Gasteiger partial charge >= 0.3 is 5.97 Å². The summed E-state index contributed by atoms with van der Waals surface area (Å²) in [5, 5.41) is 8.97. The molecule has 30 heavy (non-hydrogen) atoms. The van der Waals surface area contributed by atoms with Gasteiger partial charge in [0.05, 0.1) is 5.69 Å². The van der Waals surface area contributed by atoms with Crippen LogP contribution in [-0.4, -0.2) is 27.5 Å². The molecule has 3 aromatic rings. The lowest BCUT2D eigenvalue weighted by Crippen LogP contribution is -2.22. The predicted molar refractivity (Wildman–Crippen MR) is 117 cm³/mol. The summed E-state index contributed by atoms with van der Waals surface area (Å²) in [6.07, 6.45) is 5.78. The van der Waals surface area contributed by atoms with Gasteiger partial charge in [-0.2, -0.15) is 0 Å². The Labute approximate surface area is 176 Å². The minimum atomic E-state index is -1.01. The molecule has 1 aromatic heterocycles. The number of aliphatic carboxylic acids is 1. The second-order valence-electron chi connectivity index (χ2n) is 7.00. The van der Waals surface area contributed by atoms with Crippen LogP contribution in [-0.2, 0) is 17.8 Å². The van der Waals surface area contributed by atoms with E-state index in [2.05, 4.69) is 6.92 Å². The Morgan fingerprint density at radius 3 is 2.57 bits per heavy atom. The molecule has 1 atom stereocenters. The van der Waals surface area contributed by atoms with E-state index >= 15 is 0 Å². The van der Waals surface area contributed by atoms with E-state index in [1.165, 1.54) is 12.5 Å². The van der Waals surface area contributed by atoms with Gasteiger partial charge in [0.1, 0.15) is 5.75 Å². The van der Waals surface area contributed by atoms with E-state index in [1.807, 2.05) is 71.4 Å². The summed E-state index contributed by atoms with van der Waals surface area (Å²) in [4.78, 5) is 23.8. The lowest BCUT2D eigenvalue weighted by molar-refractivity contribution is -0.144. The summed E-state index contributed by atoms with van der Waals surface area (Å²) in [6.45, 7) is 4.12. The normalized spacial score (nSPS) is 12.1. The van der Waals surface area contributed by atoms with E-state index in [-0.39, 0.29) is 5.78 Å². The second-order valence-corrected chi connectivity index (χ2v) is 7.00. The van der Waals surface area contributed by atoms with Gasteiger partial charge in [-0.3, -0.25) is 4.79 Å². The Bertz CT molecular complexity index is 1050. The zero-order valence-electron chi connectivity index (χ0n) is 17.1. The van der Waals surface area contributed by atoms with Gasteiger partial charge in [0, 0.05) is 18.3 Å². The molecule has 0 bridgehead atoms. The SMILES string of the molecule is CCc1ccc(C(=O)c2cccn2CC=Cc2cccc(O[C@@H](C)C(=O)O)c2)cc1. The van der Waals surface area contributed by atoms with Crippen molar-refractivity contribution in [3.8, 4) is 5.75 Å². The third-order valence-corrected chi connectivity index (χ3v) is 4.82. The maximum atomic E-state index is 12.9. The average molecular weight is 403 g/mol. The molecule has 0 fully saturated rings. The summed E-state index contributed by atoms with van der Waals surface area (Å²) in [6, 6.07) is 18.6. The third kappa shape index (κ3) is 5.26. The van der Waals surface area contributed by atoms with Gasteiger partial charge in [-0.05, 0) is 48.7 Å². The molecule has 0 aliphatic heterocycles. The molecule has 0 aliphatic rings. The van der Waals surface area contributed by atoms with Crippen LogP contribution in [0.3, 0.4) is 0 Å². The molecular weight excluding hydrogens is 378 g/mol. The first kappa shape index (κ1) is 21.1. The highest BCUT2D eigenvalue weighted by Crippen LogP contribution is 2.17. The third-order valence-electron chi connectivity index (χ3n) is 4.82. The molecule has 2 aromatic carbocycles. The zero-order valence-corrected chi connectivity index (χ0v) is 17.1. The minimum Gasteiger partial charge on any atom is -0.479 e. The van der Waals surface area contributed by atoms with E-state index in [0.29, 0.717) is 23.6 Å². The van der Waals surface area contributed by atoms with Gasteiger partial charge in [0.2, 0.25) is 5.78 Å². The van der Waals surface area contributed by atoms with E-state index < -0.39 is 12.1 Å². The van der Waals surface area contributed by atoms with Gasteiger partial charge in [0.25, 0.3) is 0 Å². The maximum Gasteiger partial charge on any atom is 0.344 e. The number of carbonyl (C=O) groups is 2. The van der Waals surface area contributed by atoms with Crippen LogP contribution in [0.25, 0.3) is 6.08 Å². The fourth-order valence-corrected chi connectivity index (χ4v) is 3.07. The van der Waals surface area contributed by atoms with E-state index in [1.54, 1.807) is 12.1 Å². The Morgan fingerprint density at radius 1 is 1.10 bits per heavy atom. The molecule has 0 saturated carbocycles. The summed E-state index contributed by atoms with van der Waals surface area (Å²) >= 11 is 0. The van der Waals surface area contributed by atoms with Crippen LogP contribution in [0.15, 0.2) is 72.9 Å². The fourth-order valence-electron chi connectivity index (χ4n) is 3.07. The van der Waals surface area contributed by atoms with Gasteiger partial charge in [-0.25, -0.2) is 4.79 Å². The Balaban J connectivity index is 1.68. The number of nitrogens with zero attached hydrogens (tertiary/aromatic N) is 1. The van der Waals surface area contributed by atoms with Crippen molar-refractivity contribution in [3.05, 3.63) is 95.3 Å². The Morgan fingerprint density at radius 2 is 1.87 bits per heavy atom. The summed E-state index contributed by atoms with van der Waals surface area (Å²) in [7, 11) is 0. The first-order valence-electron chi connectivity index (χ1n) is 9.92. The topological polar surface area (TPSA) is 68.5 Å². The van der Waals surface area contributed by atoms with Crippen LogP contribution in [0.4, 0.5) is 0 Å². The molecule has 0 aliphatic carbocycles. The summed E-state index contributed by atoms with van der Waals surface area (Å²) in [5.41, 5.74) is 3.40. The average Bonchev–Trinajstić information content (AvgIpc) is 3.22. The molecule has 5 heteroatoms. The van der Waals surface area contributed by atoms with Gasteiger partial charge < -0.3 is 14.4 Å². The molecule has 1 N–H and O–H groups in total. The minimum absolute atomic E-state index is 0.00545. The number of rotatable bonds is 9. The monoisotopic (exact) mass is 403 g/mol. The van der Waals surface area contributed by atoms with Crippen LogP contribution in [0.2, 0.25) is 0 Å². The fraction of sp³-hybridized carbons (Fsp3) is 0.200. The van der Waals surface area contributed by atoms with Crippen LogP contribution >= 0.6 is 0 Å². The quantitative estimate of drug-likeness (QED) is 0.519. The van der Waals surface area contributed by atoms with Gasteiger partial charge in [-0.1, -0.05) is 55.5 Å². The lowest BCUT2D eigenvalue weighted by atomic mass is 10.0. The second kappa shape index (κ2) is 9.74. The molecule has 5 nitrogen and oxygen atoms in total. The number of aromatic nitrogens is 1. The number of hydrogen-bond donors (Lipinski definition) is 1. The first-order valence-corrected chi connectivity index (χ1v) is 9.92. The number of carboxylic acids is 1. The summed E-state index contributed by atoms with van der Waals surface area (Å²) < 4.78 is 7.30. The van der Waals surface area contributed by atoms with Crippen molar-refractivity contribution in [3.63, 3.8) is 0 Å². The van der Waals surface area contributed by atoms with Crippen LogP contribution in [0.5, 0.6) is 5.75 Å². The van der Waals surface area contributed by atoms with Crippen molar-refractivity contribution in [1.29, 1.82) is 0 Å². The zero-order chi connectivity index (χ0) is 21.5. The molecule has 154 valence electrons. The number of carbonyl (C=O) groups excluding carboxylic acids is 1. The van der Waals surface area contributed by atoms with E-state index in [4.69, 9.17) is 9.84 Å². The van der Waals surface area contributed by atoms with Crippen molar-refractivity contribution in [2.45, 2.75) is 32.9 Å². The highest BCUT2D eigenvalue weighted by atomic mass is 16.5. The number of hydrogen-bond acceptors (Lipinski definition) is 3. The van der Waals surface area contributed by atoms with Crippen molar-refractivity contribution in [2.75, 3.05) is 0 Å². The van der Waals surface area contributed by atoms with Crippen molar-refractivity contribution in [2.24, 2.45) is 0 Å². The number of aryl methyl sites for hydroxylation is 1. The van der Waals surface area contributed by atoms with E-state index in [0.717, 1.165) is 12.0 Å². The van der Waals surface area contributed by atoms with Crippen LogP contribution in [0, 0.1) is 0 Å². The summed E-state index contributed by atoms with van der Waals surface area (Å²) in [5.74, 6) is -0.515. The molecule has 0 spiro atoms. The van der Waals surface area contributed by atoms with Crippen LogP contribution < -0.4 is 4.74 Å².